The van der Waals surface area contributed by atoms with E-state index < -0.39 is 15.6 Å². The number of alkyl halides is 3. The van der Waals surface area contributed by atoms with Crippen molar-refractivity contribution >= 4 is 16.2 Å². The first-order chi connectivity index (χ1) is 11.7. The minimum atomic E-state index is -6.09. The molecule has 0 bridgehead atoms. The fourth-order valence-corrected chi connectivity index (χ4v) is 2.00. The summed E-state index contributed by atoms with van der Waals surface area (Å²) < 4.78 is 58.9. The molecule has 1 aliphatic rings. The van der Waals surface area contributed by atoms with E-state index in [0.29, 0.717) is 0 Å². The molecule has 0 aromatic heterocycles. The van der Waals surface area contributed by atoms with Gasteiger partial charge in [0.1, 0.15) is 0 Å². The Kier molecular flexibility index (Phi) is 12.6. The summed E-state index contributed by atoms with van der Waals surface area (Å²) in [5.74, 6) is 7.34. The summed E-state index contributed by atoms with van der Waals surface area (Å²) in [5, 5.41) is 0. The van der Waals surface area contributed by atoms with Gasteiger partial charge in [-0.3, -0.25) is 0 Å². The zero-order chi connectivity index (χ0) is 20.7. The monoisotopic (exact) mass is 490 g/mol. The predicted octanol–water partition coefficient (Wildman–Crippen LogP) is 5.35. The molecule has 0 amide bonds. The van der Waals surface area contributed by atoms with E-state index in [4.69, 9.17) is 13.0 Å². The van der Waals surface area contributed by atoms with Gasteiger partial charge in [0.25, 0.3) is 0 Å². The van der Waals surface area contributed by atoms with Crippen molar-refractivity contribution in [1.29, 1.82) is 0 Å². The van der Waals surface area contributed by atoms with Crippen LogP contribution in [0.1, 0.15) is 40.2 Å². The SMILES string of the molecule is C=Cc1ccccc1.C[C]1[C](C)[C](C)[C](C)[C]1C.O=S(=O)([O-])C(F)(F)F.[Ru+]. The van der Waals surface area contributed by atoms with Crippen LogP contribution < -0.4 is 0 Å². The van der Waals surface area contributed by atoms with E-state index in [9.17, 15) is 13.2 Å². The Balaban J connectivity index is 0. The average molecular weight is 490 g/mol. The molecule has 1 fully saturated rings. The second-order valence-corrected chi connectivity index (χ2v) is 7.01. The van der Waals surface area contributed by atoms with Crippen molar-refractivity contribution in [2.75, 3.05) is 0 Å². The summed E-state index contributed by atoms with van der Waals surface area (Å²) >= 11 is 0. The van der Waals surface area contributed by atoms with Gasteiger partial charge in [0.2, 0.25) is 0 Å². The van der Waals surface area contributed by atoms with Crippen LogP contribution >= 0.6 is 0 Å². The number of hydrogen-bond donors (Lipinski definition) is 0. The summed E-state index contributed by atoms with van der Waals surface area (Å²) in [6.07, 6.45) is 1.83. The molecule has 152 valence electrons. The van der Waals surface area contributed by atoms with Crippen molar-refractivity contribution in [2.24, 2.45) is 0 Å². The molecular weight excluding hydrogens is 466 g/mol. The van der Waals surface area contributed by atoms with E-state index >= 15 is 0 Å². The zero-order valence-corrected chi connectivity index (χ0v) is 18.3. The van der Waals surface area contributed by atoms with Crippen molar-refractivity contribution in [1.82, 2.24) is 0 Å². The van der Waals surface area contributed by atoms with Crippen LogP contribution in [0.3, 0.4) is 0 Å². The van der Waals surface area contributed by atoms with E-state index in [-0.39, 0.29) is 19.5 Å². The van der Waals surface area contributed by atoms with Crippen molar-refractivity contribution < 1.29 is 45.6 Å². The van der Waals surface area contributed by atoms with Crippen LogP contribution in [-0.4, -0.2) is 18.5 Å². The maximum absolute atomic E-state index is 10.7. The van der Waals surface area contributed by atoms with Gasteiger partial charge in [-0.15, -0.1) is 0 Å². The van der Waals surface area contributed by atoms with Crippen LogP contribution in [-0.2, 0) is 29.6 Å². The largest absolute Gasteiger partial charge is 1.00 e. The van der Waals surface area contributed by atoms with Crippen LogP contribution in [0.25, 0.3) is 6.08 Å². The normalized spacial score (nSPS) is 17.2. The molecule has 0 unspecified atom stereocenters. The van der Waals surface area contributed by atoms with Gasteiger partial charge in [0.15, 0.2) is 10.1 Å². The molecule has 0 heterocycles. The maximum atomic E-state index is 10.7. The third-order valence-corrected chi connectivity index (χ3v) is 4.70. The van der Waals surface area contributed by atoms with Crippen LogP contribution in [0.5, 0.6) is 0 Å². The minimum absolute atomic E-state index is 0. The molecule has 0 spiro atoms. The van der Waals surface area contributed by atoms with E-state index in [1.807, 2.05) is 36.4 Å². The fraction of sp³-hybridized carbons (Fsp3) is 0.316. The van der Waals surface area contributed by atoms with Crippen molar-refractivity contribution in [3.05, 3.63) is 72.1 Å². The molecule has 1 aromatic carbocycles. The first kappa shape index (κ1) is 28.5. The molecule has 27 heavy (non-hydrogen) atoms. The van der Waals surface area contributed by atoms with Crippen LogP contribution in [0.4, 0.5) is 13.2 Å². The Bertz CT molecular complexity index is 603. The predicted molar refractivity (Wildman–Crippen MR) is 96.9 cm³/mol. The van der Waals surface area contributed by atoms with E-state index in [2.05, 4.69) is 41.2 Å². The standard InChI is InChI=1S/C10H15.C8H8.CHF3O3S.Ru/c1-6-7(2)9(4)10(5)8(6)3;1-2-8-6-4-3-5-7-8;2-1(3,4)8(5,6)7;/h1-5H3;2-7H,1H2;(H,5,6,7);/q;;;+1/p-1. The number of rotatable bonds is 1. The Morgan fingerprint density at radius 1 is 0.852 bits per heavy atom. The Morgan fingerprint density at radius 3 is 1.26 bits per heavy atom. The molecular formula is C19H23F3O3RuS. The zero-order valence-electron chi connectivity index (χ0n) is 15.8. The quantitative estimate of drug-likeness (QED) is 0.304. The summed E-state index contributed by atoms with van der Waals surface area (Å²) in [7, 11) is -6.09. The third kappa shape index (κ3) is 9.35. The fourth-order valence-electron chi connectivity index (χ4n) is 2.00. The minimum Gasteiger partial charge on any atom is -0.741 e. The van der Waals surface area contributed by atoms with E-state index in [0.717, 1.165) is 0 Å². The summed E-state index contributed by atoms with van der Waals surface area (Å²) in [6, 6.07) is 10.0. The van der Waals surface area contributed by atoms with Gasteiger partial charge >= 0.3 is 25.0 Å². The Hall–Kier alpha value is -0.717. The molecule has 3 nitrogen and oxygen atoms in total. The molecule has 0 saturated heterocycles. The summed E-state index contributed by atoms with van der Waals surface area (Å²) in [6.45, 7) is 14.6. The summed E-state index contributed by atoms with van der Waals surface area (Å²) in [5.41, 5.74) is -4.47. The van der Waals surface area contributed by atoms with Crippen molar-refractivity contribution in [2.45, 2.75) is 40.1 Å². The van der Waals surface area contributed by atoms with Gasteiger partial charge in [-0.05, 0) is 35.2 Å². The molecule has 1 aromatic rings. The second kappa shape index (κ2) is 12.0. The molecule has 6 radical (unpaired) electrons. The number of halogens is 3. The van der Waals surface area contributed by atoms with E-state index in [1.54, 1.807) is 0 Å². The number of benzene rings is 1. The topological polar surface area (TPSA) is 57.2 Å². The van der Waals surface area contributed by atoms with Gasteiger partial charge in [-0.1, -0.05) is 77.6 Å². The van der Waals surface area contributed by atoms with Crippen molar-refractivity contribution in [3.8, 4) is 0 Å². The summed E-state index contributed by atoms with van der Waals surface area (Å²) in [4.78, 5) is 0. The molecule has 2 rings (SSSR count). The van der Waals surface area contributed by atoms with E-state index in [1.165, 1.54) is 35.2 Å². The first-order valence-corrected chi connectivity index (χ1v) is 9.04. The molecule has 0 N–H and O–H groups in total. The third-order valence-electron chi connectivity index (χ3n) is 4.13. The smallest absolute Gasteiger partial charge is 0.741 e. The average Bonchev–Trinajstić information content (AvgIpc) is 2.73. The van der Waals surface area contributed by atoms with Gasteiger partial charge in [0, 0.05) is 0 Å². The number of hydrogen-bond acceptors (Lipinski definition) is 3. The molecule has 8 heteroatoms. The first-order valence-electron chi connectivity index (χ1n) is 7.63. The van der Waals surface area contributed by atoms with Crippen molar-refractivity contribution in [3.63, 3.8) is 0 Å². The molecule has 0 atom stereocenters. The molecule has 1 saturated carbocycles. The maximum Gasteiger partial charge on any atom is 1.00 e. The van der Waals surface area contributed by atoms with Gasteiger partial charge in [0.05, 0.1) is 0 Å². The van der Waals surface area contributed by atoms with Crippen LogP contribution in [0, 0.1) is 29.6 Å². The molecule has 1 aliphatic carbocycles. The Morgan fingerprint density at radius 2 is 1.11 bits per heavy atom. The van der Waals surface area contributed by atoms with Gasteiger partial charge in [-0.2, -0.15) is 13.2 Å². The second-order valence-electron chi connectivity index (χ2n) is 5.64. The van der Waals surface area contributed by atoms with Crippen LogP contribution in [0.2, 0.25) is 0 Å². The van der Waals surface area contributed by atoms with Crippen LogP contribution in [0.15, 0.2) is 36.9 Å². The Labute approximate surface area is 174 Å². The molecule has 0 aliphatic heterocycles. The van der Waals surface area contributed by atoms with Gasteiger partial charge < -0.3 is 4.55 Å². The van der Waals surface area contributed by atoms with Gasteiger partial charge in [-0.25, -0.2) is 8.42 Å².